The fourth-order valence-electron chi connectivity index (χ4n) is 0. The van der Waals surface area contributed by atoms with Crippen LogP contribution in [0, 0.1) is 0 Å². The van der Waals surface area contributed by atoms with Crippen LogP contribution >= 0.6 is 0 Å². The van der Waals surface area contributed by atoms with Crippen LogP contribution in [0.15, 0.2) is 0 Å². The normalized spacial score (nSPS) is 10.2. The standard InChI is InChI=1S/C4H9.Al.Li.3H/c1-4(2)3;;;;;/h1-3H3;;;;;/q;+2;+1;3*-1. The van der Waals surface area contributed by atoms with Gasteiger partial charge in [-0.15, -0.1) is 0 Å². The third kappa shape index (κ3) is 68.5. The molecule has 0 aromatic heterocycles. The van der Waals surface area contributed by atoms with Gasteiger partial charge in [0.05, 0.1) is 0 Å². The summed E-state index contributed by atoms with van der Waals surface area (Å²) in [5.74, 6) is 0. The van der Waals surface area contributed by atoms with Crippen molar-refractivity contribution in [1.29, 1.82) is 0 Å². The molecule has 2 heteroatoms. The molecule has 0 aliphatic heterocycles. The van der Waals surface area contributed by atoms with Crippen molar-refractivity contribution in [2.75, 3.05) is 0 Å². The molecule has 0 N–H and O–H groups in total. The van der Waals surface area contributed by atoms with Gasteiger partial charge in [0.1, 0.15) is 0 Å². The van der Waals surface area contributed by atoms with E-state index in [0.29, 0.717) is 4.28 Å². The zero-order valence-corrected chi connectivity index (χ0v) is 6.23. The Morgan fingerprint density at radius 3 is 1.33 bits per heavy atom. The van der Waals surface area contributed by atoms with Gasteiger partial charge in [0.2, 0.25) is 0 Å². The van der Waals surface area contributed by atoms with Crippen molar-refractivity contribution in [1.82, 2.24) is 0 Å². The predicted octanol–water partition coefficient (Wildman–Crippen LogP) is -1.29. The van der Waals surface area contributed by atoms with Crippen molar-refractivity contribution in [3.05, 3.63) is 0 Å². The molecular formula is C4H12AlLi. The van der Waals surface area contributed by atoms with Crippen LogP contribution in [0.25, 0.3) is 0 Å². The van der Waals surface area contributed by atoms with Crippen LogP contribution in [0.3, 0.4) is 0 Å². The molecule has 0 rings (SSSR count). The summed E-state index contributed by atoms with van der Waals surface area (Å²) >= 11 is 2.72. The maximum Gasteiger partial charge on any atom is 1.00 e. The summed E-state index contributed by atoms with van der Waals surface area (Å²) in [6.45, 7) is 6.45. The number of rotatable bonds is 0. The molecule has 0 aliphatic carbocycles. The van der Waals surface area contributed by atoms with E-state index in [1.54, 1.807) is 0 Å². The van der Waals surface area contributed by atoms with Crippen LogP contribution in [0.1, 0.15) is 25.1 Å². The zero-order valence-electron chi connectivity index (χ0n) is 8.08. The second-order valence-electron chi connectivity index (χ2n) is 2.37. The summed E-state index contributed by atoms with van der Waals surface area (Å²) in [4.78, 5) is 0. The summed E-state index contributed by atoms with van der Waals surface area (Å²) in [7, 11) is 0. The van der Waals surface area contributed by atoms with Crippen molar-refractivity contribution < 1.29 is 23.1 Å². The third-order valence-electron chi connectivity index (χ3n) is 0. The molecule has 32 valence electrons. The molecule has 0 aliphatic rings. The van der Waals surface area contributed by atoms with Crippen LogP contribution in [0.4, 0.5) is 0 Å². The van der Waals surface area contributed by atoms with Gasteiger partial charge in [-0.05, 0) is 0 Å². The van der Waals surface area contributed by atoms with Gasteiger partial charge in [-0.3, -0.25) is 0 Å². The molecular weight excluding hydrogens is 82.0 g/mol. The van der Waals surface area contributed by atoms with Gasteiger partial charge in [-0.2, -0.15) is 0 Å². The van der Waals surface area contributed by atoms with E-state index in [-0.39, 0.29) is 23.1 Å². The minimum Gasteiger partial charge on any atom is -1.00 e. The van der Waals surface area contributed by atoms with E-state index in [4.69, 9.17) is 0 Å². The first-order valence-corrected chi connectivity index (χ1v) is 2.37. The Bertz CT molecular complexity index is 31.3. The maximum atomic E-state index is 2.72. The van der Waals surface area contributed by atoms with E-state index in [1.165, 1.54) is 0 Å². The van der Waals surface area contributed by atoms with E-state index < -0.39 is 0 Å². The smallest absolute Gasteiger partial charge is 1.00 e. The van der Waals surface area contributed by atoms with Crippen molar-refractivity contribution in [2.45, 2.75) is 25.0 Å². The van der Waals surface area contributed by atoms with Gasteiger partial charge in [0.25, 0.3) is 0 Å². The molecule has 0 bridgehead atoms. The summed E-state index contributed by atoms with van der Waals surface area (Å²) in [6, 6.07) is 0. The van der Waals surface area contributed by atoms with Crippen molar-refractivity contribution in [3.63, 3.8) is 0 Å². The molecule has 0 saturated carbocycles. The second-order valence-corrected chi connectivity index (χ2v) is 4.10. The van der Waals surface area contributed by atoms with Gasteiger partial charge in [-0.25, -0.2) is 0 Å². The van der Waals surface area contributed by atoms with Gasteiger partial charge in [0.15, 0.2) is 0 Å². The van der Waals surface area contributed by atoms with Gasteiger partial charge in [-0.1, -0.05) is 0 Å². The minimum absolute atomic E-state index is 0. The monoisotopic (exact) mass is 94.1 g/mol. The van der Waals surface area contributed by atoms with Crippen LogP contribution in [0.5, 0.6) is 0 Å². The molecule has 0 unspecified atom stereocenters. The van der Waals surface area contributed by atoms with E-state index in [0.717, 1.165) is 0 Å². The minimum atomic E-state index is 0. The Labute approximate surface area is 64.7 Å². The molecule has 0 fully saturated rings. The molecule has 0 aromatic carbocycles. The summed E-state index contributed by atoms with van der Waals surface area (Å²) in [5, 5.41) is 0. The van der Waals surface area contributed by atoms with Gasteiger partial charge in [0, 0.05) is 0 Å². The summed E-state index contributed by atoms with van der Waals surface area (Å²) < 4.78 is 0.417. The van der Waals surface area contributed by atoms with Gasteiger partial charge >= 0.3 is 60.2 Å². The predicted molar refractivity (Wildman–Crippen MR) is 28.8 cm³/mol. The molecule has 0 saturated heterocycles. The Morgan fingerprint density at radius 2 is 1.33 bits per heavy atom. The summed E-state index contributed by atoms with van der Waals surface area (Å²) in [6.07, 6.45) is 0. The van der Waals surface area contributed by atoms with E-state index in [9.17, 15) is 0 Å². The number of hydrogen-bond donors (Lipinski definition) is 0. The molecule has 0 heterocycles. The van der Waals surface area contributed by atoms with Crippen molar-refractivity contribution in [2.24, 2.45) is 0 Å². The molecule has 6 heavy (non-hydrogen) atoms. The molecule has 0 atom stereocenters. The molecule has 0 nitrogen and oxygen atoms in total. The van der Waals surface area contributed by atoms with Crippen molar-refractivity contribution >= 4 is 16.3 Å². The van der Waals surface area contributed by atoms with Crippen LogP contribution < -0.4 is 18.9 Å². The molecule has 0 amide bonds. The topological polar surface area (TPSA) is 0 Å². The molecule has 0 radical (unpaired) electrons. The second kappa shape index (κ2) is 3.17. The van der Waals surface area contributed by atoms with E-state index in [1.807, 2.05) is 0 Å². The first-order chi connectivity index (χ1) is 2.00. The fourth-order valence-corrected chi connectivity index (χ4v) is 0. The Balaban J connectivity index is -0.0000000133. The molecule has 0 aromatic rings. The van der Waals surface area contributed by atoms with Crippen LogP contribution in [-0.2, 0) is 0 Å². The SMILES string of the molecule is C[C](C)(C)[Al+2].[H-].[H-].[H-].[Li+]. The zero-order chi connectivity index (χ0) is 4.50. The van der Waals surface area contributed by atoms with Crippen LogP contribution in [-0.4, -0.2) is 16.3 Å². The van der Waals surface area contributed by atoms with Crippen LogP contribution in [0.2, 0.25) is 4.28 Å². The fraction of sp³-hybridized carbons (Fsp3) is 1.00. The largest absolute Gasteiger partial charge is 1.00 e. The van der Waals surface area contributed by atoms with Gasteiger partial charge < -0.3 is 4.28 Å². The summed E-state index contributed by atoms with van der Waals surface area (Å²) in [5.41, 5.74) is 0. The Hall–Kier alpha value is 1.13. The Kier molecular flexibility index (Phi) is 5.38. The first kappa shape index (κ1) is 10.2. The quantitative estimate of drug-likeness (QED) is 0.328. The van der Waals surface area contributed by atoms with E-state index in [2.05, 4.69) is 37.1 Å². The maximum absolute atomic E-state index is 2.72. The Morgan fingerprint density at radius 1 is 1.33 bits per heavy atom. The average Bonchev–Trinajstić information content (AvgIpc) is 0.722. The molecule has 0 spiro atoms. The van der Waals surface area contributed by atoms with E-state index >= 15 is 0 Å². The van der Waals surface area contributed by atoms with Crippen molar-refractivity contribution in [3.8, 4) is 0 Å². The number of hydrogen-bond acceptors (Lipinski definition) is 0. The first-order valence-electron chi connectivity index (χ1n) is 1.79. The third-order valence-corrected chi connectivity index (χ3v) is 0. The average molecular weight is 94.1 g/mol.